The average Bonchev–Trinajstić information content (AvgIpc) is 2.63. The van der Waals surface area contributed by atoms with Crippen LogP contribution in [0.5, 0.6) is 0 Å². The van der Waals surface area contributed by atoms with Gasteiger partial charge in [0.2, 0.25) is 0 Å². The predicted octanol–water partition coefficient (Wildman–Crippen LogP) is 3.73. The summed E-state index contributed by atoms with van der Waals surface area (Å²) in [6.45, 7) is 1.77. The SMILES string of the molecule is CC1NC(c2cc(C(F)(F)F)ccc2Br)=CO1. The lowest BCUT2D eigenvalue weighted by molar-refractivity contribution is -0.137. The largest absolute Gasteiger partial charge is 0.476 e. The molecule has 0 bridgehead atoms. The topological polar surface area (TPSA) is 21.3 Å². The van der Waals surface area contributed by atoms with Gasteiger partial charge in [-0.1, -0.05) is 15.9 Å². The molecule has 0 amide bonds. The van der Waals surface area contributed by atoms with Gasteiger partial charge in [-0.25, -0.2) is 0 Å². The molecular weight excluding hydrogens is 299 g/mol. The zero-order chi connectivity index (χ0) is 12.6. The van der Waals surface area contributed by atoms with Gasteiger partial charge >= 0.3 is 6.18 Å². The lowest BCUT2D eigenvalue weighted by Crippen LogP contribution is -2.19. The zero-order valence-electron chi connectivity index (χ0n) is 8.81. The summed E-state index contributed by atoms with van der Waals surface area (Å²) in [5, 5.41) is 2.93. The Labute approximate surface area is 105 Å². The van der Waals surface area contributed by atoms with E-state index in [1.54, 1.807) is 6.92 Å². The molecule has 1 unspecified atom stereocenters. The van der Waals surface area contributed by atoms with Crippen LogP contribution in [0.25, 0.3) is 5.70 Å². The number of alkyl halides is 3. The maximum atomic E-state index is 12.6. The van der Waals surface area contributed by atoms with Crippen LogP contribution in [0, 0.1) is 0 Å². The molecule has 0 radical (unpaired) electrons. The van der Waals surface area contributed by atoms with Crippen LogP contribution in [0.3, 0.4) is 0 Å². The van der Waals surface area contributed by atoms with E-state index < -0.39 is 11.7 Å². The summed E-state index contributed by atoms with van der Waals surface area (Å²) in [6, 6.07) is 3.50. The van der Waals surface area contributed by atoms with Gasteiger partial charge in [0.15, 0.2) is 6.23 Å². The summed E-state index contributed by atoms with van der Waals surface area (Å²) in [7, 11) is 0. The first-order chi connectivity index (χ1) is 7.88. The van der Waals surface area contributed by atoms with E-state index in [0.29, 0.717) is 15.7 Å². The van der Waals surface area contributed by atoms with Crippen LogP contribution in [0.2, 0.25) is 0 Å². The molecule has 0 fully saturated rings. The van der Waals surface area contributed by atoms with Crippen molar-refractivity contribution in [1.29, 1.82) is 0 Å². The normalized spacial score (nSPS) is 19.6. The molecule has 1 aromatic rings. The Morgan fingerprint density at radius 2 is 2.06 bits per heavy atom. The molecule has 0 aliphatic carbocycles. The standard InChI is InChI=1S/C11H9BrF3NO/c1-6-16-10(5-17-6)8-4-7(11(13,14)15)2-3-9(8)12/h2-6,16H,1H3. The van der Waals surface area contributed by atoms with E-state index in [1.807, 2.05) is 0 Å². The third-order valence-electron chi connectivity index (χ3n) is 2.33. The minimum absolute atomic E-state index is 0.230. The van der Waals surface area contributed by atoms with E-state index in [-0.39, 0.29) is 6.23 Å². The lowest BCUT2D eigenvalue weighted by atomic mass is 10.1. The van der Waals surface area contributed by atoms with E-state index in [2.05, 4.69) is 21.2 Å². The van der Waals surface area contributed by atoms with Crippen molar-refractivity contribution in [2.75, 3.05) is 0 Å². The quantitative estimate of drug-likeness (QED) is 0.853. The van der Waals surface area contributed by atoms with Crippen LogP contribution in [0.15, 0.2) is 28.9 Å². The Morgan fingerprint density at radius 3 is 2.59 bits per heavy atom. The summed E-state index contributed by atoms with van der Waals surface area (Å²) in [4.78, 5) is 0. The highest BCUT2D eigenvalue weighted by Crippen LogP contribution is 2.34. The molecule has 2 nitrogen and oxygen atoms in total. The minimum atomic E-state index is -4.35. The first-order valence-electron chi connectivity index (χ1n) is 4.87. The summed E-state index contributed by atoms with van der Waals surface area (Å²) in [6.07, 6.45) is -3.15. The van der Waals surface area contributed by atoms with Crippen molar-refractivity contribution in [3.05, 3.63) is 40.1 Å². The first-order valence-corrected chi connectivity index (χ1v) is 5.66. The molecule has 1 heterocycles. The van der Waals surface area contributed by atoms with Crippen LogP contribution in [-0.2, 0) is 10.9 Å². The Hall–Kier alpha value is -1.17. The van der Waals surface area contributed by atoms with Gasteiger partial charge < -0.3 is 10.1 Å². The summed E-state index contributed by atoms with van der Waals surface area (Å²) < 4.78 is 43.4. The van der Waals surface area contributed by atoms with Crippen molar-refractivity contribution in [2.45, 2.75) is 19.3 Å². The molecule has 0 spiro atoms. The Balaban J connectivity index is 2.40. The van der Waals surface area contributed by atoms with Gasteiger partial charge in [-0.2, -0.15) is 13.2 Å². The fourth-order valence-electron chi connectivity index (χ4n) is 1.51. The van der Waals surface area contributed by atoms with Crippen molar-refractivity contribution in [1.82, 2.24) is 5.32 Å². The number of nitrogens with one attached hydrogen (secondary N) is 1. The van der Waals surface area contributed by atoms with E-state index in [9.17, 15) is 13.2 Å². The number of hydrogen-bond donors (Lipinski definition) is 1. The molecule has 1 aromatic carbocycles. The molecule has 0 aromatic heterocycles. The van der Waals surface area contributed by atoms with Crippen LogP contribution in [-0.4, -0.2) is 6.23 Å². The Morgan fingerprint density at radius 1 is 1.35 bits per heavy atom. The first kappa shape index (κ1) is 12.3. The number of rotatable bonds is 1. The Kier molecular flexibility index (Phi) is 3.07. The van der Waals surface area contributed by atoms with Gasteiger partial charge in [-0.3, -0.25) is 0 Å². The van der Waals surface area contributed by atoms with Gasteiger partial charge in [0.05, 0.1) is 11.3 Å². The smallest absolute Gasteiger partial charge is 0.416 e. The second-order valence-electron chi connectivity index (χ2n) is 3.65. The van der Waals surface area contributed by atoms with Crippen molar-refractivity contribution in [3.8, 4) is 0 Å². The van der Waals surface area contributed by atoms with E-state index in [1.165, 1.54) is 12.3 Å². The fraction of sp³-hybridized carbons (Fsp3) is 0.273. The molecule has 1 N–H and O–H groups in total. The molecule has 2 rings (SSSR count). The van der Waals surface area contributed by atoms with E-state index in [0.717, 1.165) is 12.1 Å². The van der Waals surface area contributed by atoms with E-state index in [4.69, 9.17) is 4.74 Å². The molecule has 1 atom stereocenters. The monoisotopic (exact) mass is 307 g/mol. The van der Waals surface area contributed by atoms with Gasteiger partial charge in [-0.05, 0) is 25.1 Å². The predicted molar refractivity (Wildman–Crippen MR) is 60.8 cm³/mol. The second kappa shape index (κ2) is 4.25. The summed E-state index contributed by atoms with van der Waals surface area (Å²) in [5.41, 5.74) is 0.289. The molecule has 1 aliphatic rings. The van der Waals surface area contributed by atoms with Crippen molar-refractivity contribution >= 4 is 21.6 Å². The highest BCUT2D eigenvalue weighted by Gasteiger charge is 2.31. The summed E-state index contributed by atoms with van der Waals surface area (Å²) >= 11 is 3.22. The van der Waals surface area contributed by atoms with Gasteiger partial charge in [0.25, 0.3) is 0 Å². The van der Waals surface area contributed by atoms with Crippen LogP contribution in [0.4, 0.5) is 13.2 Å². The molecular formula is C11H9BrF3NO. The number of hydrogen-bond acceptors (Lipinski definition) is 2. The maximum absolute atomic E-state index is 12.6. The van der Waals surface area contributed by atoms with Gasteiger partial charge in [0.1, 0.15) is 6.26 Å². The average molecular weight is 308 g/mol. The van der Waals surface area contributed by atoms with Crippen molar-refractivity contribution < 1.29 is 17.9 Å². The van der Waals surface area contributed by atoms with Crippen LogP contribution < -0.4 is 5.32 Å². The molecule has 17 heavy (non-hydrogen) atoms. The molecule has 0 saturated carbocycles. The third-order valence-corrected chi connectivity index (χ3v) is 3.02. The molecule has 1 aliphatic heterocycles. The Bertz CT molecular complexity index is 470. The highest BCUT2D eigenvalue weighted by atomic mass is 79.9. The fourth-order valence-corrected chi connectivity index (χ4v) is 1.97. The highest BCUT2D eigenvalue weighted by molar-refractivity contribution is 9.10. The van der Waals surface area contributed by atoms with Crippen molar-refractivity contribution in [2.24, 2.45) is 0 Å². The summed E-state index contributed by atoms with van der Waals surface area (Å²) in [5.74, 6) is 0. The van der Waals surface area contributed by atoms with E-state index >= 15 is 0 Å². The van der Waals surface area contributed by atoms with Gasteiger partial charge in [-0.15, -0.1) is 0 Å². The molecule has 92 valence electrons. The molecule has 0 saturated heterocycles. The number of benzene rings is 1. The lowest BCUT2D eigenvalue weighted by Gasteiger charge is -2.12. The molecule has 6 heteroatoms. The van der Waals surface area contributed by atoms with Crippen LogP contribution >= 0.6 is 15.9 Å². The number of halogens is 4. The zero-order valence-corrected chi connectivity index (χ0v) is 10.4. The minimum Gasteiger partial charge on any atom is -0.476 e. The van der Waals surface area contributed by atoms with Gasteiger partial charge in [0, 0.05) is 10.0 Å². The second-order valence-corrected chi connectivity index (χ2v) is 4.50. The number of ether oxygens (including phenoxy) is 1. The third kappa shape index (κ3) is 2.57. The maximum Gasteiger partial charge on any atom is 0.416 e. The van der Waals surface area contributed by atoms with Crippen molar-refractivity contribution in [3.63, 3.8) is 0 Å². The van der Waals surface area contributed by atoms with Crippen LogP contribution in [0.1, 0.15) is 18.1 Å².